The summed E-state index contributed by atoms with van der Waals surface area (Å²) in [6.45, 7) is 7.64. The van der Waals surface area contributed by atoms with E-state index in [0.29, 0.717) is 23.5 Å². The first-order valence-corrected chi connectivity index (χ1v) is 9.68. The lowest BCUT2D eigenvalue weighted by atomic mass is 10.0. The number of nitriles is 1. The molecule has 0 amide bonds. The summed E-state index contributed by atoms with van der Waals surface area (Å²) in [6, 6.07) is 11.5. The van der Waals surface area contributed by atoms with E-state index >= 15 is 0 Å². The van der Waals surface area contributed by atoms with E-state index in [1.165, 1.54) is 18.2 Å². The van der Waals surface area contributed by atoms with E-state index in [-0.39, 0.29) is 11.6 Å². The zero-order chi connectivity index (χ0) is 20.8. The summed E-state index contributed by atoms with van der Waals surface area (Å²) in [5.74, 6) is -0.581. The Kier molecular flexibility index (Phi) is 6.78. The standard InChI is InChI=1S/C22H25F2N5/c1-16-14-22(29-12-10-28(11-13-29)9-3-8-25)21(24)15-20(16)17(2)26-27-19-6-4-18(23)5-7-19/h4-7,14-15,27H,3,9-13H2,1-2H3/b26-17-. The number of hydrogen-bond acceptors (Lipinski definition) is 5. The van der Waals surface area contributed by atoms with Crippen molar-refractivity contribution in [1.29, 1.82) is 5.26 Å². The first kappa shape index (κ1) is 20.7. The lowest BCUT2D eigenvalue weighted by Gasteiger charge is -2.36. The van der Waals surface area contributed by atoms with Gasteiger partial charge in [0, 0.05) is 44.7 Å². The maximum Gasteiger partial charge on any atom is 0.147 e. The van der Waals surface area contributed by atoms with Gasteiger partial charge in [0.2, 0.25) is 0 Å². The molecule has 0 radical (unpaired) electrons. The molecule has 0 saturated carbocycles. The summed E-state index contributed by atoms with van der Waals surface area (Å²) in [6.07, 6.45) is 0.521. The number of piperazine rings is 1. The van der Waals surface area contributed by atoms with Crippen LogP contribution in [-0.4, -0.2) is 43.3 Å². The average Bonchev–Trinajstić information content (AvgIpc) is 2.73. The van der Waals surface area contributed by atoms with Crippen LogP contribution in [0.4, 0.5) is 20.2 Å². The van der Waals surface area contributed by atoms with Crippen LogP contribution in [0.15, 0.2) is 41.5 Å². The Labute approximate surface area is 170 Å². The molecule has 3 rings (SSSR count). The van der Waals surface area contributed by atoms with E-state index < -0.39 is 0 Å². The van der Waals surface area contributed by atoms with Crippen LogP contribution < -0.4 is 10.3 Å². The van der Waals surface area contributed by atoms with Crippen molar-refractivity contribution >= 4 is 17.1 Å². The van der Waals surface area contributed by atoms with E-state index in [4.69, 9.17) is 5.26 Å². The molecular weight excluding hydrogens is 372 g/mol. The normalized spacial score (nSPS) is 15.3. The van der Waals surface area contributed by atoms with Crippen molar-refractivity contribution in [3.8, 4) is 6.07 Å². The summed E-state index contributed by atoms with van der Waals surface area (Å²) >= 11 is 0. The molecule has 2 aromatic carbocycles. The average molecular weight is 397 g/mol. The number of hydrogen-bond donors (Lipinski definition) is 1. The minimum Gasteiger partial charge on any atom is -0.367 e. The van der Waals surface area contributed by atoms with E-state index in [2.05, 4.69) is 26.4 Å². The number of nitrogens with zero attached hydrogens (tertiary/aromatic N) is 4. The van der Waals surface area contributed by atoms with Crippen molar-refractivity contribution in [3.63, 3.8) is 0 Å². The first-order chi connectivity index (χ1) is 14.0. The Balaban J connectivity index is 1.69. The Bertz CT molecular complexity index is 910. The van der Waals surface area contributed by atoms with Crippen molar-refractivity contribution in [1.82, 2.24) is 4.90 Å². The van der Waals surface area contributed by atoms with Crippen LogP contribution in [0.5, 0.6) is 0 Å². The van der Waals surface area contributed by atoms with Gasteiger partial charge < -0.3 is 4.90 Å². The number of anilines is 2. The van der Waals surface area contributed by atoms with Gasteiger partial charge in [0.05, 0.1) is 23.2 Å². The molecule has 0 spiro atoms. The van der Waals surface area contributed by atoms with Gasteiger partial charge in [0.1, 0.15) is 11.6 Å². The molecule has 0 bridgehead atoms. The minimum atomic E-state index is -0.310. The van der Waals surface area contributed by atoms with Gasteiger partial charge in [-0.2, -0.15) is 10.4 Å². The van der Waals surface area contributed by atoms with E-state index in [9.17, 15) is 8.78 Å². The fourth-order valence-corrected chi connectivity index (χ4v) is 3.45. The lowest BCUT2D eigenvalue weighted by Crippen LogP contribution is -2.46. The third-order valence-corrected chi connectivity index (χ3v) is 5.13. The number of benzene rings is 2. The van der Waals surface area contributed by atoms with Gasteiger partial charge in [-0.05, 0) is 55.8 Å². The molecule has 7 heteroatoms. The molecule has 0 aliphatic carbocycles. The van der Waals surface area contributed by atoms with E-state index in [1.807, 2.05) is 19.9 Å². The SMILES string of the molecule is C/C(=N/Nc1ccc(F)cc1)c1cc(F)c(N2CCN(CCC#N)CC2)cc1C. The number of nitrogens with one attached hydrogen (secondary N) is 1. The Hall–Kier alpha value is -2.98. The maximum absolute atomic E-state index is 14.9. The summed E-state index contributed by atoms with van der Waals surface area (Å²) in [5, 5.41) is 13.0. The van der Waals surface area contributed by atoms with Crippen molar-refractivity contribution in [2.24, 2.45) is 5.10 Å². The van der Waals surface area contributed by atoms with Gasteiger partial charge in [-0.15, -0.1) is 0 Å². The highest BCUT2D eigenvalue weighted by molar-refractivity contribution is 6.00. The van der Waals surface area contributed by atoms with Gasteiger partial charge in [0.25, 0.3) is 0 Å². The van der Waals surface area contributed by atoms with Crippen LogP contribution >= 0.6 is 0 Å². The fraction of sp³-hybridized carbons (Fsp3) is 0.364. The quantitative estimate of drug-likeness (QED) is 0.588. The Morgan fingerprint density at radius 1 is 1.14 bits per heavy atom. The zero-order valence-corrected chi connectivity index (χ0v) is 16.8. The summed E-state index contributed by atoms with van der Waals surface area (Å²) in [7, 11) is 0. The third-order valence-electron chi connectivity index (χ3n) is 5.13. The smallest absolute Gasteiger partial charge is 0.147 e. The van der Waals surface area contributed by atoms with Gasteiger partial charge in [-0.25, -0.2) is 8.78 Å². The highest BCUT2D eigenvalue weighted by Crippen LogP contribution is 2.25. The molecule has 5 nitrogen and oxygen atoms in total. The van der Waals surface area contributed by atoms with Crippen LogP contribution in [0, 0.1) is 29.9 Å². The fourth-order valence-electron chi connectivity index (χ4n) is 3.45. The van der Waals surface area contributed by atoms with Crippen LogP contribution in [0.3, 0.4) is 0 Å². The molecule has 1 heterocycles. The Morgan fingerprint density at radius 3 is 2.48 bits per heavy atom. The molecule has 1 aliphatic rings. The predicted octanol–water partition coefficient (Wildman–Crippen LogP) is 4.15. The van der Waals surface area contributed by atoms with Crippen LogP contribution in [0.25, 0.3) is 0 Å². The van der Waals surface area contributed by atoms with E-state index in [1.54, 1.807) is 12.1 Å². The number of rotatable bonds is 6. The summed E-state index contributed by atoms with van der Waals surface area (Å²) in [5.41, 5.74) is 6.46. The predicted molar refractivity (Wildman–Crippen MR) is 112 cm³/mol. The molecule has 1 N–H and O–H groups in total. The van der Waals surface area contributed by atoms with Crippen molar-refractivity contribution in [2.45, 2.75) is 20.3 Å². The highest BCUT2D eigenvalue weighted by atomic mass is 19.1. The second-order valence-electron chi connectivity index (χ2n) is 7.17. The topological polar surface area (TPSA) is 54.7 Å². The van der Waals surface area contributed by atoms with Gasteiger partial charge in [0.15, 0.2) is 0 Å². The molecule has 0 unspecified atom stereocenters. The molecule has 0 atom stereocenters. The van der Waals surface area contributed by atoms with E-state index in [0.717, 1.165) is 43.9 Å². The van der Waals surface area contributed by atoms with Crippen LogP contribution in [0.2, 0.25) is 0 Å². The molecule has 0 aromatic heterocycles. The molecule has 1 aliphatic heterocycles. The second-order valence-corrected chi connectivity index (χ2v) is 7.17. The molecule has 29 heavy (non-hydrogen) atoms. The van der Waals surface area contributed by atoms with Crippen molar-refractivity contribution in [2.75, 3.05) is 43.0 Å². The molecule has 2 aromatic rings. The maximum atomic E-state index is 14.9. The second kappa shape index (κ2) is 9.48. The van der Waals surface area contributed by atoms with Gasteiger partial charge >= 0.3 is 0 Å². The third kappa shape index (κ3) is 5.30. The number of hydrazone groups is 1. The number of aryl methyl sites for hydroxylation is 1. The molecule has 1 saturated heterocycles. The largest absolute Gasteiger partial charge is 0.367 e. The highest BCUT2D eigenvalue weighted by Gasteiger charge is 2.20. The summed E-state index contributed by atoms with van der Waals surface area (Å²) < 4.78 is 27.9. The lowest BCUT2D eigenvalue weighted by molar-refractivity contribution is 0.263. The van der Waals surface area contributed by atoms with Gasteiger partial charge in [-0.3, -0.25) is 10.3 Å². The Morgan fingerprint density at radius 2 is 1.83 bits per heavy atom. The van der Waals surface area contributed by atoms with Crippen molar-refractivity contribution < 1.29 is 8.78 Å². The van der Waals surface area contributed by atoms with Crippen molar-refractivity contribution in [3.05, 3.63) is 59.2 Å². The molecule has 1 fully saturated rings. The molecule has 152 valence electrons. The van der Waals surface area contributed by atoms with Crippen LogP contribution in [0.1, 0.15) is 24.5 Å². The first-order valence-electron chi connectivity index (χ1n) is 9.68. The zero-order valence-electron chi connectivity index (χ0n) is 16.8. The van der Waals surface area contributed by atoms with Gasteiger partial charge in [-0.1, -0.05) is 0 Å². The van der Waals surface area contributed by atoms with Crippen LogP contribution in [-0.2, 0) is 0 Å². The monoisotopic (exact) mass is 397 g/mol. The molecular formula is C22H25F2N5. The minimum absolute atomic E-state index is 0.271. The summed E-state index contributed by atoms with van der Waals surface area (Å²) in [4.78, 5) is 4.29. The number of halogens is 2.